The molecule has 0 aliphatic carbocycles. The minimum absolute atomic E-state index is 0.766. The van der Waals surface area contributed by atoms with Crippen molar-refractivity contribution in [2.24, 2.45) is 0 Å². The predicted octanol–water partition coefficient (Wildman–Crippen LogP) is 2.48. The molecule has 0 bridgehead atoms. The standard InChI is InChI=1S/C14H17N3/c1-10-4-6-12(7-5-10)14-16-11(2)8-13(17-14)9-15-3/h4-8,15H,9H2,1-3H3. The molecule has 0 aliphatic rings. The molecule has 17 heavy (non-hydrogen) atoms. The van der Waals surface area contributed by atoms with Gasteiger partial charge in [-0.15, -0.1) is 0 Å². The van der Waals surface area contributed by atoms with Crippen LogP contribution in [-0.4, -0.2) is 17.0 Å². The highest BCUT2D eigenvalue weighted by Gasteiger charge is 2.04. The summed E-state index contributed by atoms with van der Waals surface area (Å²) in [5, 5.41) is 3.11. The highest BCUT2D eigenvalue weighted by molar-refractivity contribution is 5.55. The van der Waals surface area contributed by atoms with Gasteiger partial charge < -0.3 is 5.32 Å². The molecular weight excluding hydrogens is 210 g/mol. The van der Waals surface area contributed by atoms with Crippen molar-refractivity contribution in [3.05, 3.63) is 47.3 Å². The molecule has 2 aromatic rings. The molecule has 3 nitrogen and oxygen atoms in total. The van der Waals surface area contributed by atoms with E-state index in [4.69, 9.17) is 0 Å². The molecule has 1 N–H and O–H groups in total. The van der Waals surface area contributed by atoms with Crippen LogP contribution in [-0.2, 0) is 6.54 Å². The van der Waals surface area contributed by atoms with E-state index >= 15 is 0 Å². The Kier molecular flexibility index (Phi) is 3.49. The molecular formula is C14H17N3. The van der Waals surface area contributed by atoms with Crippen LogP contribution in [0.25, 0.3) is 11.4 Å². The number of benzene rings is 1. The van der Waals surface area contributed by atoms with Crippen molar-refractivity contribution in [3.63, 3.8) is 0 Å². The summed E-state index contributed by atoms with van der Waals surface area (Å²) in [7, 11) is 1.92. The van der Waals surface area contributed by atoms with E-state index in [-0.39, 0.29) is 0 Å². The maximum Gasteiger partial charge on any atom is 0.159 e. The quantitative estimate of drug-likeness (QED) is 0.875. The summed E-state index contributed by atoms with van der Waals surface area (Å²) in [6.07, 6.45) is 0. The fourth-order valence-corrected chi connectivity index (χ4v) is 1.74. The molecule has 0 saturated carbocycles. The topological polar surface area (TPSA) is 37.8 Å². The first-order valence-electron chi connectivity index (χ1n) is 5.75. The molecule has 1 heterocycles. The molecule has 0 spiro atoms. The molecule has 0 saturated heterocycles. The van der Waals surface area contributed by atoms with E-state index in [0.717, 1.165) is 29.3 Å². The largest absolute Gasteiger partial charge is 0.314 e. The van der Waals surface area contributed by atoms with Crippen LogP contribution in [0.4, 0.5) is 0 Å². The Bertz CT molecular complexity index is 503. The summed E-state index contributed by atoms with van der Waals surface area (Å²) >= 11 is 0. The number of rotatable bonds is 3. The molecule has 1 aromatic heterocycles. The average Bonchev–Trinajstić information content (AvgIpc) is 2.29. The zero-order chi connectivity index (χ0) is 12.3. The second kappa shape index (κ2) is 5.06. The first kappa shape index (κ1) is 11.7. The fourth-order valence-electron chi connectivity index (χ4n) is 1.74. The number of hydrogen-bond acceptors (Lipinski definition) is 3. The van der Waals surface area contributed by atoms with Crippen LogP contribution in [0.2, 0.25) is 0 Å². The molecule has 0 radical (unpaired) electrons. The zero-order valence-electron chi connectivity index (χ0n) is 10.5. The first-order chi connectivity index (χ1) is 8.19. The third-order valence-electron chi connectivity index (χ3n) is 2.57. The molecule has 0 atom stereocenters. The Morgan fingerprint density at radius 1 is 1.06 bits per heavy atom. The van der Waals surface area contributed by atoms with Crippen LogP contribution in [0.3, 0.4) is 0 Å². The van der Waals surface area contributed by atoms with Crippen LogP contribution in [0.15, 0.2) is 30.3 Å². The van der Waals surface area contributed by atoms with E-state index in [1.165, 1.54) is 5.56 Å². The summed E-state index contributed by atoms with van der Waals surface area (Å²) in [5.41, 5.74) is 4.34. The molecule has 0 aliphatic heterocycles. The van der Waals surface area contributed by atoms with Gasteiger partial charge in [0.15, 0.2) is 5.82 Å². The molecule has 0 fully saturated rings. The van der Waals surface area contributed by atoms with Crippen molar-refractivity contribution in [1.82, 2.24) is 15.3 Å². The summed E-state index contributed by atoms with van der Waals surface area (Å²) < 4.78 is 0. The Morgan fingerprint density at radius 2 is 1.76 bits per heavy atom. The highest BCUT2D eigenvalue weighted by atomic mass is 14.9. The summed E-state index contributed by atoms with van der Waals surface area (Å²) in [4.78, 5) is 9.03. The molecule has 1 aromatic carbocycles. The number of hydrogen-bond donors (Lipinski definition) is 1. The van der Waals surface area contributed by atoms with Gasteiger partial charge in [-0.3, -0.25) is 0 Å². The van der Waals surface area contributed by atoms with Crippen LogP contribution in [0.1, 0.15) is 17.0 Å². The van der Waals surface area contributed by atoms with Crippen LogP contribution in [0.5, 0.6) is 0 Å². The summed E-state index contributed by atoms with van der Waals surface area (Å²) in [6, 6.07) is 10.3. The predicted molar refractivity (Wildman–Crippen MR) is 69.7 cm³/mol. The van der Waals surface area contributed by atoms with Gasteiger partial charge in [-0.05, 0) is 27.0 Å². The monoisotopic (exact) mass is 227 g/mol. The van der Waals surface area contributed by atoms with Crippen molar-refractivity contribution in [2.75, 3.05) is 7.05 Å². The maximum atomic E-state index is 4.55. The summed E-state index contributed by atoms with van der Waals surface area (Å²) in [5.74, 6) is 0.801. The smallest absolute Gasteiger partial charge is 0.159 e. The normalized spacial score (nSPS) is 10.5. The lowest BCUT2D eigenvalue weighted by Crippen LogP contribution is -2.08. The van der Waals surface area contributed by atoms with Crippen LogP contribution in [0, 0.1) is 13.8 Å². The number of nitrogens with zero attached hydrogens (tertiary/aromatic N) is 2. The van der Waals surface area contributed by atoms with Crippen molar-refractivity contribution >= 4 is 0 Å². The highest BCUT2D eigenvalue weighted by Crippen LogP contribution is 2.16. The minimum atomic E-state index is 0.766. The van der Waals surface area contributed by atoms with Gasteiger partial charge in [0, 0.05) is 17.8 Å². The van der Waals surface area contributed by atoms with Crippen LogP contribution < -0.4 is 5.32 Å². The first-order valence-corrected chi connectivity index (χ1v) is 5.75. The van der Waals surface area contributed by atoms with Gasteiger partial charge in [-0.1, -0.05) is 29.8 Å². The van der Waals surface area contributed by atoms with E-state index in [9.17, 15) is 0 Å². The molecule has 0 amide bonds. The lowest BCUT2D eigenvalue weighted by molar-refractivity contribution is 0.785. The Labute approximate surface area is 102 Å². The third-order valence-corrected chi connectivity index (χ3v) is 2.57. The van der Waals surface area contributed by atoms with Crippen molar-refractivity contribution < 1.29 is 0 Å². The van der Waals surface area contributed by atoms with Gasteiger partial charge in [0.1, 0.15) is 0 Å². The van der Waals surface area contributed by atoms with Gasteiger partial charge in [-0.25, -0.2) is 9.97 Å². The van der Waals surface area contributed by atoms with Crippen molar-refractivity contribution in [1.29, 1.82) is 0 Å². The van der Waals surface area contributed by atoms with Gasteiger partial charge in [0.2, 0.25) is 0 Å². The van der Waals surface area contributed by atoms with E-state index in [2.05, 4.69) is 46.5 Å². The Morgan fingerprint density at radius 3 is 2.41 bits per heavy atom. The minimum Gasteiger partial charge on any atom is -0.314 e. The third kappa shape index (κ3) is 2.88. The Balaban J connectivity index is 2.40. The number of aromatic nitrogens is 2. The van der Waals surface area contributed by atoms with E-state index in [1.807, 2.05) is 20.0 Å². The van der Waals surface area contributed by atoms with Crippen LogP contribution >= 0.6 is 0 Å². The van der Waals surface area contributed by atoms with Gasteiger partial charge in [0.05, 0.1) is 5.69 Å². The second-order valence-electron chi connectivity index (χ2n) is 4.22. The van der Waals surface area contributed by atoms with Gasteiger partial charge in [0.25, 0.3) is 0 Å². The molecule has 88 valence electrons. The lowest BCUT2D eigenvalue weighted by atomic mass is 10.1. The maximum absolute atomic E-state index is 4.55. The lowest BCUT2D eigenvalue weighted by Gasteiger charge is -2.06. The van der Waals surface area contributed by atoms with Gasteiger partial charge >= 0.3 is 0 Å². The molecule has 0 unspecified atom stereocenters. The van der Waals surface area contributed by atoms with E-state index < -0.39 is 0 Å². The summed E-state index contributed by atoms with van der Waals surface area (Å²) in [6.45, 7) is 4.84. The average molecular weight is 227 g/mol. The Hall–Kier alpha value is -1.74. The molecule has 2 rings (SSSR count). The zero-order valence-corrected chi connectivity index (χ0v) is 10.5. The van der Waals surface area contributed by atoms with Crippen molar-refractivity contribution in [2.45, 2.75) is 20.4 Å². The van der Waals surface area contributed by atoms with E-state index in [1.54, 1.807) is 0 Å². The van der Waals surface area contributed by atoms with E-state index in [0.29, 0.717) is 0 Å². The number of nitrogens with one attached hydrogen (secondary N) is 1. The second-order valence-corrected chi connectivity index (χ2v) is 4.22. The van der Waals surface area contributed by atoms with Crippen molar-refractivity contribution in [3.8, 4) is 11.4 Å². The number of aryl methyl sites for hydroxylation is 2. The SMILES string of the molecule is CNCc1cc(C)nc(-c2ccc(C)cc2)n1. The van der Waals surface area contributed by atoms with Gasteiger partial charge in [-0.2, -0.15) is 0 Å². The fraction of sp³-hybridized carbons (Fsp3) is 0.286. The molecule has 3 heteroatoms.